The Labute approximate surface area is 136 Å². The average Bonchev–Trinajstić information content (AvgIpc) is 3.10. The molecule has 0 spiro atoms. The van der Waals surface area contributed by atoms with Crippen molar-refractivity contribution in [3.05, 3.63) is 23.3 Å². The summed E-state index contributed by atoms with van der Waals surface area (Å²) in [6, 6.07) is 3.93. The molecule has 5 heteroatoms. The highest BCUT2D eigenvalue weighted by Crippen LogP contribution is 2.42. The Balaban J connectivity index is 1.98. The smallest absolute Gasteiger partial charge is 0.145 e. The molecular formula is C18H22N2O3. The number of ether oxygens (including phenoxy) is 3. The fourth-order valence-corrected chi connectivity index (χ4v) is 3.77. The van der Waals surface area contributed by atoms with Crippen molar-refractivity contribution in [2.24, 2.45) is 0 Å². The minimum Gasteiger partial charge on any atom is -0.496 e. The number of hydrogen-bond donors (Lipinski definition) is 0. The Morgan fingerprint density at radius 2 is 1.70 bits per heavy atom. The van der Waals surface area contributed by atoms with Gasteiger partial charge in [-0.1, -0.05) is 0 Å². The topological polar surface area (TPSA) is 43.8 Å². The predicted molar refractivity (Wildman–Crippen MR) is 89.9 cm³/mol. The zero-order valence-electron chi connectivity index (χ0n) is 13.7. The van der Waals surface area contributed by atoms with Gasteiger partial charge in [-0.15, -0.1) is 0 Å². The van der Waals surface area contributed by atoms with E-state index in [9.17, 15) is 0 Å². The summed E-state index contributed by atoms with van der Waals surface area (Å²) in [5.74, 6) is 2.81. The molecule has 1 aliphatic carbocycles. The summed E-state index contributed by atoms with van der Waals surface area (Å²) in [5.41, 5.74) is 3.67. The third-order valence-corrected chi connectivity index (χ3v) is 4.86. The standard InChI is InChI=1S/C18H22N2O3/c1-21-14-6-7-15(22-2)17-16(14)12-4-3-5-13(12)18(19-17)20-8-10-23-11-9-20/h6-7H,3-5,8-11H2,1-2H3. The van der Waals surface area contributed by atoms with E-state index in [0.29, 0.717) is 0 Å². The third kappa shape index (κ3) is 2.30. The lowest BCUT2D eigenvalue weighted by atomic mass is 10.0. The summed E-state index contributed by atoms with van der Waals surface area (Å²) in [7, 11) is 3.42. The average molecular weight is 314 g/mol. The first-order valence-electron chi connectivity index (χ1n) is 8.22. The maximum Gasteiger partial charge on any atom is 0.145 e. The molecule has 0 radical (unpaired) electrons. The molecule has 1 aliphatic heterocycles. The highest BCUT2D eigenvalue weighted by molar-refractivity contribution is 5.96. The maximum absolute atomic E-state index is 5.61. The molecule has 1 aromatic heterocycles. The number of benzene rings is 1. The van der Waals surface area contributed by atoms with Crippen LogP contribution in [0.15, 0.2) is 12.1 Å². The lowest BCUT2D eigenvalue weighted by molar-refractivity contribution is 0.122. The first-order valence-corrected chi connectivity index (χ1v) is 8.22. The number of rotatable bonds is 3. The molecule has 0 amide bonds. The Morgan fingerprint density at radius 1 is 1.00 bits per heavy atom. The summed E-state index contributed by atoms with van der Waals surface area (Å²) < 4.78 is 16.7. The molecular weight excluding hydrogens is 292 g/mol. The number of morpholine rings is 1. The van der Waals surface area contributed by atoms with Crippen molar-refractivity contribution in [2.75, 3.05) is 45.4 Å². The van der Waals surface area contributed by atoms with Gasteiger partial charge in [0, 0.05) is 18.5 Å². The summed E-state index contributed by atoms with van der Waals surface area (Å²) >= 11 is 0. The van der Waals surface area contributed by atoms with E-state index in [2.05, 4.69) is 4.90 Å². The zero-order valence-corrected chi connectivity index (χ0v) is 13.7. The Kier molecular flexibility index (Phi) is 3.73. The summed E-state index contributed by atoms with van der Waals surface area (Å²) in [5, 5.41) is 1.12. The van der Waals surface area contributed by atoms with Gasteiger partial charge < -0.3 is 19.1 Å². The number of fused-ring (bicyclic) bond motifs is 3. The van der Waals surface area contributed by atoms with E-state index in [0.717, 1.165) is 67.4 Å². The van der Waals surface area contributed by atoms with Gasteiger partial charge in [0.25, 0.3) is 0 Å². The fourth-order valence-electron chi connectivity index (χ4n) is 3.77. The molecule has 4 rings (SSSR count). The van der Waals surface area contributed by atoms with E-state index in [1.807, 2.05) is 12.1 Å². The fraction of sp³-hybridized carbons (Fsp3) is 0.500. The number of pyridine rings is 1. The molecule has 1 aromatic carbocycles. The molecule has 5 nitrogen and oxygen atoms in total. The predicted octanol–water partition coefficient (Wildman–Crippen LogP) is 2.58. The van der Waals surface area contributed by atoms with Gasteiger partial charge in [-0.2, -0.15) is 0 Å². The van der Waals surface area contributed by atoms with Gasteiger partial charge in [-0.3, -0.25) is 0 Å². The van der Waals surface area contributed by atoms with Crippen molar-refractivity contribution in [1.29, 1.82) is 0 Å². The van der Waals surface area contributed by atoms with Crippen LogP contribution in [0, 0.1) is 0 Å². The lowest BCUT2D eigenvalue weighted by Crippen LogP contribution is -2.37. The number of aromatic nitrogens is 1. The minimum atomic E-state index is 0.768. The zero-order chi connectivity index (χ0) is 15.8. The van der Waals surface area contributed by atoms with Crippen molar-refractivity contribution in [2.45, 2.75) is 19.3 Å². The highest BCUT2D eigenvalue weighted by atomic mass is 16.5. The van der Waals surface area contributed by atoms with Crippen molar-refractivity contribution in [3.63, 3.8) is 0 Å². The molecule has 1 saturated heterocycles. The number of anilines is 1. The van der Waals surface area contributed by atoms with Gasteiger partial charge >= 0.3 is 0 Å². The number of aryl methyl sites for hydroxylation is 1. The quantitative estimate of drug-likeness (QED) is 0.871. The van der Waals surface area contributed by atoms with Gasteiger partial charge in [0.05, 0.1) is 27.4 Å². The van der Waals surface area contributed by atoms with Gasteiger partial charge in [-0.25, -0.2) is 4.98 Å². The van der Waals surface area contributed by atoms with Crippen LogP contribution in [0.2, 0.25) is 0 Å². The van der Waals surface area contributed by atoms with Crippen molar-refractivity contribution in [1.82, 2.24) is 4.98 Å². The van der Waals surface area contributed by atoms with Crippen LogP contribution < -0.4 is 14.4 Å². The number of methoxy groups -OCH3 is 2. The van der Waals surface area contributed by atoms with E-state index in [4.69, 9.17) is 19.2 Å². The highest BCUT2D eigenvalue weighted by Gasteiger charge is 2.27. The van der Waals surface area contributed by atoms with Crippen LogP contribution in [-0.2, 0) is 17.6 Å². The van der Waals surface area contributed by atoms with Gasteiger partial charge in [0.1, 0.15) is 22.8 Å². The van der Waals surface area contributed by atoms with Crippen LogP contribution in [0.1, 0.15) is 17.5 Å². The second kappa shape index (κ2) is 5.89. The van der Waals surface area contributed by atoms with Gasteiger partial charge in [0.15, 0.2) is 0 Å². The normalized spacial score (nSPS) is 17.4. The Bertz CT molecular complexity index is 739. The van der Waals surface area contributed by atoms with Crippen LogP contribution in [0.4, 0.5) is 5.82 Å². The molecule has 0 unspecified atom stereocenters. The second-order valence-electron chi connectivity index (χ2n) is 6.04. The van der Waals surface area contributed by atoms with Crippen molar-refractivity contribution >= 4 is 16.7 Å². The molecule has 0 bridgehead atoms. The van der Waals surface area contributed by atoms with E-state index < -0.39 is 0 Å². The van der Waals surface area contributed by atoms with Crippen LogP contribution in [-0.4, -0.2) is 45.5 Å². The van der Waals surface area contributed by atoms with Crippen LogP contribution in [0.25, 0.3) is 10.9 Å². The van der Waals surface area contributed by atoms with Crippen molar-refractivity contribution in [3.8, 4) is 11.5 Å². The van der Waals surface area contributed by atoms with Crippen LogP contribution >= 0.6 is 0 Å². The molecule has 0 saturated carbocycles. The summed E-state index contributed by atoms with van der Waals surface area (Å²) in [4.78, 5) is 7.37. The molecule has 0 atom stereocenters. The van der Waals surface area contributed by atoms with Gasteiger partial charge in [0.2, 0.25) is 0 Å². The first-order chi connectivity index (χ1) is 11.3. The van der Waals surface area contributed by atoms with Crippen LogP contribution in [0.5, 0.6) is 11.5 Å². The van der Waals surface area contributed by atoms with E-state index >= 15 is 0 Å². The van der Waals surface area contributed by atoms with Gasteiger partial charge in [-0.05, 0) is 42.5 Å². The summed E-state index contributed by atoms with van der Waals surface area (Å²) in [6.45, 7) is 3.34. The molecule has 23 heavy (non-hydrogen) atoms. The number of hydrogen-bond acceptors (Lipinski definition) is 5. The Morgan fingerprint density at radius 3 is 2.43 bits per heavy atom. The van der Waals surface area contributed by atoms with Crippen LogP contribution in [0.3, 0.4) is 0 Å². The van der Waals surface area contributed by atoms with E-state index in [1.165, 1.54) is 17.5 Å². The van der Waals surface area contributed by atoms with Crippen molar-refractivity contribution < 1.29 is 14.2 Å². The first kappa shape index (κ1) is 14.6. The Hall–Kier alpha value is -2.01. The molecule has 0 N–H and O–H groups in total. The molecule has 2 aliphatic rings. The monoisotopic (exact) mass is 314 g/mol. The molecule has 2 heterocycles. The second-order valence-corrected chi connectivity index (χ2v) is 6.04. The lowest BCUT2D eigenvalue weighted by Gasteiger charge is -2.30. The maximum atomic E-state index is 5.61. The molecule has 122 valence electrons. The molecule has 2 aromatic rings. The summed E-state index contributed by atoms with van der Waals surface area (Å²) in [6.07, 6.45) is 3.34. The SMILES string of the molecule is COc1ccc(OC)c2c3c(c(N4CCOCC4)nc12)CCC3. The van der Waals surface area contributed by atoms with E-state index in [-0.39, 0.29) is 0 Å². The largest absolute Gasteiger partial charge is 0.496 e. The minimum absolute atomic E-state index is 0.768. The number of nitrogens with zero attached hydrogens (tertiary/aromatic N) is 2. The molecule has 1 fully saturated rings. The third-order valence-electron chi connectivity index (χ3n) is 4.86. The van der Waals surface area contributed by atoms with E-state index in [1.54, 1.807) is 14.2 Å².